The molecule has 1 unspecified atom stereocenters. The Bertz CT molecular complexity index is 538. The second-order valence-corrected chi connectivity index (χ2v) is 10.0. The van der Waals surface area contributed by atoms with Crippen molar-refractivity contribution in [3.8, 4) is 0 Å². The van der Waals surface area contributed by atoms with Crippen LogP contribution in [-0.2, 0) is 20.3 Å². The van der Waals surface area contributed by atoms with Gasteiger partial charge in [0, 0.05) is 23.1 Å². The molecule has 0 aromatic heterocycles. The van der Waals surface area contributed by atoms with E-state index in [1.807, 2.05) is 25.9 Å². The average molecular weight is 402 g/mol. The summed E-state index contributed by atoms with van der Waals surface area (Å²) in [4.78, 5) is 14.3. The molecule has 0 saturated heterocycles. The summed E-state index contributed by atoms with van der Waals surface area (Å²) in [6, 6.07) is 0. The van der Waals surface area contributed by atoms with Gasteiger partial charge in [0.1, 0.15) is 0 Å². The fraction of sp³-hybridized carbons (Fsp3) is 0.850. The maximum Gasteiger partial charge on any atom is 0.307 e. The highest BCUT2D eigenvalue weighted by atomic mass is 32.2. The predicted molar refractivity (Wildman–Crippen MR) is 107 cm³/mol. The quantitative estimate of drug-likeness (QED) is 0.548. The van der Waals surface area contributed by atoms with Crippen LogP contribution in [0.3, 0.4) is 0 Å². The molecule has 0 amide bonds. The van der Waals surface area contributed by atoms with Gasteiger partial charge in [-0.25, -0.2) is 0 Å². The van der Waals surface area contributed by atoms with E-state index in [4.69, 9.17) is 4.74 Å². The van der Waals surface area contributed by atoms with E-state index in [2.05, 4.69) is 12.2 Å². The van der Waals surface area contributed by atoms with Crippen molar-refractivity contribution in [3.05, 3.63) is 12.2 Å². The standard InChI is InChI=1S/C20H35NO5S/c1-14-7-5-4-6-8-15-11-16(22)12-17(15)20(24)18(13-19(23)26-14)27(25)10-9-21(2)3/h6,8,14-18,20,22,24H,4-5,7,9-13H2,1-3H3/b8-6+/t14-,15+,16-,17+,18-,20-,27?/m0/s1. The molecule has 1 aliphatic heterocycles. The largest absolute Gasteiger partial charge is 0.463 e. The Hall–Kier alpha value is -0.760. The number of cyclic esters (lactones) is 1. The molecule has 156 valence electrons. The van der Waals surface area contributed by atoms with Crippen molar-refractivity contribution >= 4 is 16.8 Å². The van der Waals surface area contributed by atoms with Gasteiger partial charge in [0.25, 0.3) is 0 Å². The average Bonchev–Trinajstić information content (AvgIpc) is 2.96. The van der Waals surface area contributed by atoms with Crippen molar-refractivity contribution in [1.82, 2.24) is 4.90 Å². The van der Waals surface area contributed by atoms with E-state index < -0.39 is 34.2 Å². The lowest BCUT2D eigenvalue weighted by molar-refractivity contribution is -0.149. The normalized spacial score (nSPS) is 38.2. The first kappa shape index (κ1) is 22.5. The van der Waals surface area contributed by atoms with E-state index in [1.165, 1.54) is 0 Å². The van der Waals surface area contributed by atoms with Gasteiger partial charge in [-0.1, -0.05) is 12.2 Å². The van der Waals surface area contributed by atoms with E-state index in [-0.39, 0.29) is 24.4 Å². The van der Waals surface area contributed by atoms with E-state index in [0.29, 0.717) is 25.1 Å². The zero-order chi connectivity index (χ0) is 20.0. The number of esters is 1. The first-order chi connectivity index (χ1) is 12.8. The monoisotopic (exact) mass is 401 g/mol. The molecule has 7 atom stereocenters. The van der Waals surface area contributed by atoms with Crippen LogP contribution in [0.15, 0.2) is 12.2 Å². The lowest BCUT2D eigenvalue weighted by Gasteiger charge is -2.29. The third-order valence-electron chi connectivity index (χ3n) is 5.60. The Kier molecular flexibility index (Phi) is 8.92. The van der Waals surface area contributed by atoms with Gasteiger partial charge in [-0.05, 0) is 65.0 Å². The Morgan fingerprint density at radius 2 is 2.04 bits per heavy atom. The summed E-state index contributed by atoms with van der Waals surface area (Å²) >= 11 is 0. The highest BCUT2D eigenvalue weighted by Crippen LogP contribution is 2.38. The first-order valence-corrected chi connectivity index (χ1v) is 11.4. The van der Waals surface area contributed by atoms with Gasteiger partial charge < -0.3 is 19.8 Å². The number of nitrogens with zero attached hydrogens (tertiary/aromatic N) is 1. The van der Waals surface area contributed by atoms with Crippen molar-refractivity contribution < 1.29 is 24.0 Å². The van der Waals surface area contributed by atoms with Crippen molar-refractivity contribution in [2.75, 3.05) is 26.4 Å². The van der Waals surface area contributed by atoms with Crippen LogP contribution in [0.4, 0.5) is 0 Å². The van der Waals surface area contributed by atoms with E-state index in [9.17, 15) is 19.2 Å². The molecule has 6 nitrogen and oxygen atoms in total. The molecule has 1 fully saturated rings. The van der Waals surface area contributed by atoms with Crippen LogP contribution in [0.5, 0.6) is 0 Å². The summed E-state index contributed by atoms with van der Waals surface area (Å²) in [5.41, 5.74) is 0. The number of hydrogen-bond donors (Lipinski definition) is 2. The Morgan fingerprint density at radius 3 is 2.74 bits per heavy atom. The van der Waals surface area contributed by atoms with Crippen LogP contribution < -0.4 is 0 Å². The molecule has 0 radical (unpaired) electrons. The molecule has 7 heteroatoms. The summed E-state index contributed by atoms with van der Waals surface area (Å²) in [6.45, 7) is 2.50. The molecular formula is C20H35NO5S. The zero-order valence-corrected chi connectivity index (χ0v) is 17.6. The molecule has 0 aromatic carbocycles. The minimum Gasteiger partial charge on any atom is -0.463 e. The van der Waals surface area contributed by atoms with Gasteiger partial charge in [0.05, 0.1) is 30.0 Å². The summed E-state index contributed by atoms with van der Waals surface area (Å²) in [5, 5.41) is 20.5. The first-order valence-electron chi connectivity index (χ1n) is 10.0. The fourth-order valence-corrected chi connectivity index (χ4v) is 5.73. The van der Waals surface area contributed by atoms with Crippen LogP contribution in [-0.4, -0.2) is 75.2 Å². The molecule has 2 N–H and O–H groups in total. The van der Waals surface area contributed by atoms with Crippen molar-refractivity contribution in [3.63, 3.8) is 0 Å². The highest BCUT2D eigenvalue weighted by Gasteiger charge is 2.42. The number of aliphatic hydroxyl groups is 2. The highest BCUT2D eigenvalue weighted by molar-refractivity contribution is 7.85. The maximum atomic E-state index is 12.9. The number of allylic oxidation sites excluding steroid dienone is 2. The molecule has 0 bridgehead atoms. The third kappa shape index (κ3) is 6.97. The molecule has 1 saturated carbocycles. The molecule has 1 aliphatic carbocycles. The van der Waals surface area contributed by atoms with E-state index in [1.54, 1.807) is 0 Å². The SMILES string of the molecule is C[C@H]1CCC/C=C/[C@@H]2C[C@H](O)C[C@H]2[C@H](O)[C@@H](S(=O)CCN(C)C)CC(=O)O1. The number of fused-ring (bicyclic) bond motifs is 1. The lowest BCUT2D eigenvalue weighted by atomic mass is 9.87. The smallest absolute Gasteiger partial charge is 0.307 e. The number of carbonyl (C=O) groups excluding carboxylic acids is 1. The lowest BCUT2D eigenvalue weighted by Crippen LogP contribution is -2.41. The molecule has 0 spiro atoms. The Labute approximate surface area is 165 Å². The maximum absolute atomic E-state index is 12.9. The number of aliphatic hydroxyl groups excluding tert-OH is 2. The van der Waals surface area contributed by atoms with Crippen LogP contribution in [0.2, 0.25) is 0 Å². The summed E-state index contributed by atoms with van der Waals surface area (Å²) in [7, 11) is 2.46. The summed E-state index contributed by atoms with van der Waals surface area (Å²) in [6.07, 6.45) is 6.28. The molecule has 2 rings (SSSR count). The number of carbonyl (C=O) groups is 1. The summed E-state index contributed by atoms with van der Waals surface area (Å²) < 4.78 is 18.4. The van der Waals surface area contributed by atoms with Gasteiger partial charge in [-0.3, -0.25) is 9.00 Å². The van der Waals surface area contributed by atoms with Crippen LogP contribution >= 0.6 is 0 Å². The minimum atomic E-state index is -1.35. The number of hydrogen-bond acceptors (Lipinski definition) is 6. The molecule has 27 heavy (non-hydrogen) atoms. The van der Waals surface area contributed by atoms with Gasteiger partial charge in [0.2, 0.25) is 0 Å². The second-order valence-electron chi connectivity index (χ2n) is 8.23. The molecule has 1 heterocycles. The zero-order valence-electron chi connectivity index (χ0n) is 16.8. The van der Waals surface area contributed by atoms with Crippen LogP contribution in [0, 0.1) is 11.8 Å². The number of rotatable bonds is 4. The van der Waals surface area contributed by atoms with Gasteiger partial charge in [-0.2, -0.15) is 0 Å². The van der Waals surface area contributed by atoms with Crippen molar-refractivity contribution in [1.29, 1.82) is 0 Å². The number of ether oxygens (including phenoxy) is 1. The van der Waals surface area contributed by atoms with Gasteiger partial charge >= 0.3 is 5.97 Å². The molecular weight excluding hydrogens is 366 g/mol. The van der Waals surface area contributed by atoms with Gasteiger partial charge in [0.15, 0.2) is 0 Å². The third-order valence-corrected chi connectivity index (χ3v) is 7.31. The van der Waals surface area contributed by atoms with Crippen LogP contribution in [0.25, 0.3) is 0 Å². The van der Waals surface area contributed by atoms with E-state index in [0.717, 1.165) is 19.3 Å². The topological polar surface area (TPSA) is 87.1 Å². The predicted octanol–water partition coefficient (Wildman–Crippen LogP) is 1.48. The Balaban J connectivity index is 2.22. The van der Waals surface area contributed by atoms with Crippen molar-refractivity contribution in [2.45, 2.75) is 69.0 Å². The Morgan fingerprint density at radius 1 is 1.30 bits per heavy atom. The summed E-state index contributed by atoms with van der Waals surface area (Å²) in [5.74, 6) is -0.131. The van der Waals surface area contributed by atoms with Gasteiger partial charge in [-0.15, -0.1) is 0 Å². The van der Waals surface area contributed by atoms with Crippen LogP contribution in [0.1, 0.15) is 45.4 Å². The van der Waals surface area contributed by atoms with Crippen molar-refractivity contribution in [2.24, 2.45) is 11.8 Å². The second kappa shape index (κ2) is 10.7. The molecule has 2 aliphatic rings. The molecule has 0 aromatic rings. The fourth-order valence-electron chi connectivity index (χ4n) is 4.05. The van der Waals surface area contributed by atoms with E-state index >= 15 is 0 Å². The minimum absolute atomic E-state index is 0.0470.